The van der Waals surface area contributed by atoms with E-state index in [-0.39, 0.29) is 5.82 Å². The van der Waals surface area contributed by atoms with Crippen molar-refractivity contribution in [1.29, 1.82) is 0 Å². The zero-order valence-electron chi connectivity index (χ0n) is 10.6. The Morgan fingerprint density at radius 3 is 2.74 bits per heavy atom. The Hall–Kier alpha value is -1.62. The molecule has 0 saturated heterocycles. The van der Waals surface area contributed by atoms with Gasteiger partial charge in [-0.15, -0.1) is 0 Å². The van der Waals surface area contributed by atoms with Crippen LogP contribution < -0.4 is 9.47 Å². The summed E-state index contributed by atoms with van der Waals surface area (Å²) in [5.41, 5.74) is 1.61. The summed E-state index contributed by atoms with van der Waals surface area (Å²) in [5.74, 6) is 1.00. The summed E-state index contributed by atoms with van der Waals surface area (Å²) in [6, 6.07) is 7.94. The smallest absolute Gasteiger partial charge is 0.134 e. The average molecular weight is 326 g/mol. The highest BCUT2D eigenvalue weighted by Crippen LogP contribution is 2.26. The van der Waals surface area contributed by atoms with Crippen LogP contribution in [0.3, 0.4) is 0 Å². The van der Waals surface area contributed by atoms with Gasteiger partial charge in [0.25, 0.3) is 0 Å². The number of rotatable bonds is 4. The molecule has 0 atom stereocenters. The van der Waals surface area contributed by atoms with Crippen LogP contribution in [-0.4, -0.2) is 12.1 Å². The van der Waals surface area contributed by atoms with Crippen molar-refractivity contribution in [3.8, 4) is 11.5 Å². The van der Waals surface area contributed by atoms with Gasteiger partial charge in [-0.2, -0.15) is 0 Å². The molecular weight excluding hydrogens is 313 g/mol. The highest BCUT2D eigenvalue weighted by molar-refractivity contribution is 9.10. The molecule has 0 saturated carbocycles. The average Bonchev–Trinajstić information content (AvgIpc) is 2.37. The van der Waals surface area contributed by atoms with Gasteiger partial charge in [0.1, 0.15) is 23.9 Å². The first-order chi connectivity index (χ1) is 9.08. The maximum Gasteiger partial charge on any atom is 0.134 e. The van der Waals surface area contributed by atoms with E-state index >= 15 is 0 Å². The summed E-state index contributed by atoms with van der Waals surface area (Å²) >= 11 is 3.25. The van der Waals surface area contributed by atoms with Crippen LogP contribution in [0.15, 0.2) is 34.8 Å². The van der Waals surface area contributed by atoms with E-state index in [1.54, 1.807) is 13.2 Å². The fourth-order valence-electron chi connectivity index (χ4n) is 1.64. The van der Waals surface area contributed by atoms with Gasteiger partial charge in [0.15, 0.2) is 0 Å². The van der Waals surface area contributed by atoms with Crippen molar-refractivity contribution in [2.24, 2.45) is 0 Å². The zero-order chi connectivity index (χ0) is 13.8. The SMILES string of the molecule is COc1cc(C)nc(COc2ccc(F)cc2Br)c1. The summed E-state index contributed by atoms with van der Waals surface area (Å²) in [6.07, 6.45) is 0. The molecule has 0 fully saturated rings. The molecule has 2 rings (SSSR count). The highest BCUT2D eigenvalue weighted by atomic mass is 79.9. The van der Waals surface area contributed by atoms with Crippen LogP contribution in [-0.2, 0) is 6.61 Å². The number of pyridine rings is 1. The third-order valence-electron chi connectivity index (χ3n) is 2.49. The molecule has 1 aromatic carbocycles. The first-order valence-corrected chi connectivity index (χ1v) is 6.47. The van der Waals surface area contributed by atoms with Crippen LogP contribution in [0.5, 0.6) is 11.5 Å². The molecular formula is C14H13BrFNO2. The van der Waals surface area contributed by atoms with Crippen LogP contribution in [0.25, 0.3) is 0 Å². The van der Waals surface area contributed by atoms with Crippen molar-refractivity contribution >= 4 is 15.9 Å². The minimum Gasteiger partial charge on any atom is -0.497 e. The number of ether oxygens (including phenoxy) is 2. The first kappa shape index (κ1) is 13.8. The molecule has 2 aromatic rings. The maximum atomic E-state index is 12.9. The van der Waals surface area contributed by atoms with Crippen molar-refractivity contribution in [2.75, 3.05) is 7.11 Å². The molecule has 0 bridgehead atoms. The Bertz CT molecular complexity index is 590. The number of benzene rings is 1. The van der Waals surface area contributed by atoms with E-state index in [1.165, 1.54) is 12.1 Å². The van der Waals surface area contributed by atoms with E-state index in [4.69, 9.17) is 9.47 Å². The lowest BCUT2D eigenvalue weighted by atomic mass is 10.3. The number of nitrogens with zero attached hydrogens (tertiary/aromatic N) is 1. The van der Waals surface area contributed by atoms with Crippen molar-refractivity contribution in [3.63, 3.8) is 0 Å². The Morgan fingerprint density at radius 2 is 2.05 bits per heavy atom. The van der Waals surface area contributed by atoms with Crippen molar-refractivity contribution in [2.45, 2.75) is 13.5 Å². The standard InChI is InChI=1S/C14H13BrFNO2/c1-9-5-12(18-2)7-11(17-9)8-19-14-4-3-10(16)6-13(14)15/h3-7H,8H2,1-2H3. The number of hydrogen-bond donors (Lipinski definition) is 0. The van der Waals surface area contributed by atoms with Gasteiger partial charge in [0.05, 0.1) is 17.3 Å². The molecule has 0 spiro atoms. The van der Waals surface area contributed by atoms with E-state index in [0.717, 1.165) is 17.1 Å². The topological polar surface area (TPSA) is 31.4 Å². The van der Waals surface area contributed by atoms with Crippen LogP contribution >= 0.6 is 15.9 Å². The highest BCUT2D eigenvalue weighted by Gasteiger charge is 2.05. The summed E-state index contributed by atoms with van der Waals surface area (Å²) in [4.78, 5) is 4.35. The van der Waals surface area contributed by atoms with Crippen molar-refractivity contribution in [1.82, 2.24) is 4.98 Å². The molecule has 5 heteroatoms. The number of methoxy groups -OCH3 is 1. The lowest BCUT2D eigenvalue weighted by molar-refractivity contribution is 0.297. The minimum absolute atomic E-state index is 0.294. The lowest BCUT2D eigenvalue weighted by Gasteiger charge is -2.09. The van der Waals surface area contributed by atoms with Crippen LogP contribution in [0, 0.1) is 12.7 Å². The van der Waals surface area contributed by atoms with Gasteiger partial charge in [-0.05, 0) is 41.1 Å². The second-order valence-electron chi connectivity index (χ2n) is 4.00. The Balaban J connectivity index is 2.12. The van der Waals surface area contributed by atoms with Crippen LogP contribution in [0.2, 0.25) is 0 Å². The molecule has 1 heterocycles. The molecule has 19 heavy (non-hydrogen) atoms. The predicted molar refractivity (Wildman–Crippen MR) is 74.0 cm³/mol. The maximum absolute atomic E-state index is 12.9. The lowest BCUT2D eigenvalue weighted by Crippen LogP contribution is -2.01. The minimum atomic E-state index is -0.311. The molecule has 0 amide bonds. The number of aromatic nitrogens is 1. The van der Waals surface area contributed by atoms with Gasteiger partial charge in [0.2, 0.25) is 0 Å². The van der Waals surface area contributed by atoms with Gasteiger partial charge < -0.3 is 9.47 Å². The molecule has 100 valence electrons. The van der Waals surface area contributed by atoms with Gasteiger partial charge in [-0.1, -0.05) is 0 Å². The summed E-state index contributed by atoms with van der Waals surface area (Å²) in [6.45, 7) is 2.18. The molecule has 0 aliphatic heterocycles. The van der Waals surface area contributed by atoms with Crippen LogP contribution in [0.4, 0.5) is 4.39 Å². The largest absolute Gasteiger partial charge is 0.497 e. The zero-order valence-corrected chi connectivity index (χ0v) is 12.2. The second kappa shape index (κ2) is 6.02. The van der Waals surface area contributed by atoms with E-state index in [9.17, 15) is 4.39 Å². The summed E-state index contributed by atoms with van der Waals surface area (Å²) in [5, 5.41) is 0. The summed E-state index contributed by atoms with van der Waals surface area (Å²) in [7, 11) is 1.61. The van der Waals surface area contributed by atoms with Crippen molar-refractivity contribution < 1.29 is 13.9 Å². The van der Waals surface area contributed by atoms with E-state index < -0.39 is 0 Å². The monoisotopic (exact) mass is 325 g/mol. The molecule has 1 aromatic heterocycles. The molecule has 3 nitrogen and oxygen atoms in total. The molecule has 0 aliphatic rings. The molecule has 0 N–H and O–H groups in total. The number of halogens is 2. The van der Waals surface area contributed by atoms with Gasteiger partial charge in [-0.25, -0.2) is 4.39 Å². The van der Waals surface area contributed by atoms with Gasteiger partial charge in [-0.3, -0.25) is 4.98 Å². The Morgan fingerprint density at radius 1 is 1.26 bits per heavy atom. The number of aryl methyl sites for hydroxylation is 1. The fourth-order valence-corrected chi connectivity index (χ4v) is 2.10. The second-order valence-corrected chi connectivity index (χ2v) is 4.86. The van der Waals surface area contributed by atoms with E-state index in [1.807, 2.05) is 19.1 Å². The quantitative estimate of drug-likeness (QED) is 0.854. The predicted octanol–water partition coefficient (Wildman–Crippen LogP) is 3.88. The Kier molecular flexibility index (Phi) is 4.37. The van der Waals surface area contributed by atoms with Crippen molar-refractivity contribution in [3.05, 3.63) is 52.0 Å². The van der Waals surface area contributed by atoms with E-state index in [2.05, 4.69) is 20.9 Å². The third kappa shape index (κ3) is 3.67. The van der Waals surface area contributed by atoms with Gasteiger partial charge >= 0.3 is 0 Å². The molecule has 0 aliphatic carbocycles. The molecule has 0 unspecified atom stereocenters. The first-order valence-electron chi connectivity index (χ1n) is 5.68. The van der Waals surface area contributed by atoms with Crippen LogP contribution in [0.1, 0.15) is 11.4 Å². The number of hydrogen-bond acceptors (Lipinski definition) is 3. The Labute approximate surface area is 119 Å². The summed E-state index contributed by atoms with van der Waals surface area (Å²) < 4.78 is 24.3. The fraction of sp³-hybridized carbons (Fsp3) is 0.214. The van der Waals surface area contributed by atoms with E-state index in [0.29, 0.717) is 16.8 Å². The molecule has 0 radical (unpaired) electrons. The third-order valence-corrected chi connectivity index (χ3v) is 3.10. The normalized spacial score (nSPS) is 10.3. The van der Waals surface area contributed by atoms with Gasteiger partial charge in [0, 0.05) is 17.8 Å².